The van der Waals surface area contributed by atoms with E-state index >= 15 is 0 Å². The summed E-state index contributed by atoms with van der Waals surface area (Å²) in [4.78, 5) is 15.6. The lowest BCUT2D eigenvalue weighted by Gasteiger charge is -2.14. The molecule has 0 atom stereocenters. The van der Waals surface area contributed by atoms with Crippen molar-refractivity contribution in [1.29, 1.82) is 0 Å². The summed E-state index contributed by atoms with van der Waals surface area (Å²) in [5.74, 6) is -1.09. The number of nitrogens with zero attached hydrogens (tertiary/aromatic N) is 1. The molecular formula is C16H12Cl3N3O2. The highest BCUT2D eigenvalue weighted by atomic mass is 35.5. The van der Waals surface area contributed by atoms with E-state index < -0.39 is 5.97 Å². The Morgan fingerprint density at radius 1 is 1.12 bits per heavy atom. The molecule has 3 aromatic rings. The predicted molar refractivity (Wildman–Crippen MR) is 100 cm³/mol. The van der Waals surface area contributed by atoms with Crippen LogP contribution in [0.4, 0.5) is 17.1 Å². The quantitative estimate of drug-likeness (QED) is 0.554. The second-order valence-electron chi connectivity index (χ2n) is 4.86. The number of benzene rings is 2. The number of pyridine rings is 1. The minimum atomic E-state index is -1.09. The van der Waals surface area contributed by atoms with Crippen molar-refractivity contribution in [3.05, 3.63) is 58.2 Å². The fourth-order valence-corrected chi connectivity index (χ4v) is 2.58. The molecule has 124 valence electrons. The zero-order chi connectivity index (χ0) is 16.6. The molecule has 24 heavy (non-hydrogen) atoms. The minimum absolute atomic E-state index is 0. The SMILES string of the molecule is Cl.Nc1ccc(Nc2c(C(=O)O)cnc3c(Cl)c(Cl)ccc23)cc1. The van der Waals surface area contributed by atoms with Gasteiger partial charge in [-0.15, -0.1) is 12.4 Å². The molecule has 0 aliphatic carbocycles. The third-order valence-corrected chi connectivity index (χ3v) is 4.14. The van der Waals surface area contributed by atoms with Gasteiger partial charge in [-0.1, -0.05) is 23.2 Å². The van der Waals surface area contributed by atoms with Gasteiger partial charge in [0.1, 0.15) is 5.56 Å². The van der Waals surface area contributed by atoms with Crippen LogP contribution in [0.3, 0.4) is 0 Å². The average Bonchev–Trinajstić information content (AvgIpc) is 2.53. The zero-order valence-corrected chi connectivity index (χ0v) is 14.4. The van der Waals surface area contributed by atoms with Gasteiger partial charge in [0.05, 0.1) is 21.2 Å². The van der Waals surface area contributed by atoms with Gasteiger partial charge in [0.2, 0.25) is 0 Å². The van der Waals surface area contributed by atoms with Crippen LogP contribution in [0, 0.1) is 0 Å². The smallest absolute Gasteiger partial charge is 0.339 e. The Labute approximate surface area is 153 Å². The average molecular weight is 385 g/mol. The Morgan fingerprint density at radius 2 is 1.79 bits per heavy atom. The van der Waals surface area contributed by atoms with Crippen LogP contribution in [-0.2, 0) is 0 Å². The standard InChI is InChI=1S/C16H11Cl2N3O2.ClH/c17-12-6-5-10-14(21-9-3-1-8(19)2-4-9)11(16(22)23)7-20-15(10)13(12)18;/h1-7H,19H2,(H,20,21)(H,22,23);1H. The number of aromatic nitrogens is 1. The van der Waals surface area contributed by atoms with Gasteiger partial charge in [-0.25, -0.2) is 4.79 Å². The number of fused-ring (bicyclic) bond motifs is 1. The number of carboxylic acid groups (broad SMARTS) is 1. The first kappa shape index (κ1) is 18.1. The summed E-state index contributed by atoms with van der Waals surface area (Å²) in [7, 11) is 0. The normalized spacial score (nSPS) is 10.2. The molecule has 0 saturated carbocycles. The largest absolute Gasteiger partial charge is 0.478 e. The van der Waals surface area contributed by atoms with Crippen molar-refractivity contribution in [3.8, 4) is 0 Å². The molecule has 0 fully saturated rings. The van der Waals surface area contributed by atoms with Crippen LogP contribution in [0.1, 0.15) is 10.4 Å². The van der Waals surface area contributed by atoms with Crippen LogP contribution >= 0.6 is 35.6 Å². The lowest BCUT2D eigenvalue weighted by molar-refractivity contribution is 0.0697. The highest BCUT2D eigenvalue weighted by Crippen LogP contribution is 2.36. The van der Waals surface area contributed by atoms with E-state index in [9.17, 15) is 9.90 Å². The van der Waals surface area contributed by atoms with Crippen LogP contribution in [-0.4, -0.2) is 16.1 Å². The molecule has 3 rings (SSSR count). The van der Waals surface area contributed by atoms with Crippen LogP contribution in [0.15, 0.2) is 42.6 Å². The van der Waals surface area contributed by atoms with Crippen molar-refractivity contribution in [1.82, 2.24) is 4.98 Å². The first-order valence-corrected chi connectivity index (χ1v) is 7.35. The van der Waals surface area contributed by atoms with Crippen molar-refractivity contribution in [3.63, 3.8) is 0 Å². The van der Waals surface area contributed by atoms with Crippen molar-refractivity contribution in [2.24, 2.45) is 0 Å². The Morgan fingerprint density at radius 3 is 2.42 bits per heavy atom. The number of carbonyl (C=O) groups is 1. The Kier molecular flexibility index (Phi) is 5.39. The topological polar surface area (TPSA) is 88.2 Å². The van der Waals surface area contributed by atoms with Gasteiger partial charge >= 0.3 is 5.97 Å². The molecule has 0 saturated heterocycles. The number of carboxylic acids is 1. The molecule has 0 aliphatic rings. The fraction of sp³-hybridized carbons (Fsp3) is 0. The lowest BCUT2D eigenvalue weighted by atomic mass is 10.1. The van der Waals surface area contributed by atoms with E-state index in [4.69, 9.17) is 28.9 Å². The monoisotopic (exact) mass is 383 g/mol. The lowest BCUT2D eigenvalue weighted by Crippen LogP contribution is -2.05. The van der Waals surface area contributed by atoms with E-state index in [1.54, 1.807) is 36.4 Å². The number of nitrogen functional groups attached to an aromatic ring is 1. The van der Waals surface area contributed by atoms with Gasteiger partial charge in [0.15, 0.2) is 0 Å². The number of nitrogens with one attached hydrogen (secondary N) is 1. The number of hydrogen-bond acceptors (Lipinski definition) is 4. The maximum absolute atomic E-state index is 11.5. The Balaban J connectivity index is 0.00000208. The molecule has 2 aromatic carbocycles. The zero-order valence-electron chi connectivity index (χ0n) is 12.1. The minimum Gasteiger partial charge on any atom is -0.478 e. The van der Waals surface area contributed by atoms with Crippen LogP contribution < -0.4 is 11.1 Å². The van der Waals surface area contributed by atoms with E-state index in [1.807, 2.05) is 0 Å². The maximum atomic E-state index is 11.5. The summed E-state index contributed by atoms with van der Waals surface area (Å²) in [5.41, 5.74) is 7.83. The van der Waals surface area contributed by atoms with Gasteiger partial charge < -0.3 is 16.2 Å². The van der Waals surface area contributed by atoms with Crippen LogP contribution in [0.2, 0.25) is 10.0 Å². The van der Waals surface area contributed by atoms with Gasteiger partial charge in [-0.3, -0.25) is 4.98 Å². The molecule has 8 heteroatoms. The molecule has 0 bridgehead atoms. The number of rotatable bonds is 3. The molecule has 1 heterocycles. The number of aromatic carboxylic acids is 1. The third-order valence-electron chi connectivity index (χ3n) is 3.34. The second kappa shape index (κ2) is 7.13. The van der Waals surface area contributed by atoms with E-state index in [-0.39, 0.29) is 23.0 Å². The summed E-state index contributed by atoms with van der Waals surface area (Å²) in [6.07, 6.45) is 1.26. The van der Waals surface area contributed by atoms with Crippen molar-refractivity contribution in [2.45, 2.75) is 0 Å². The number of hydrogen-bond donors (Lipinski definition) is 3. The number of nitrogens with two attached hydrogens (primary N) is 1. The third kappa shape index (κ3) is 3.33. The summed E-state index contributed by atoms with van der Waals surface area (Å²) in [5, 5.41) is 13.7. The second-order valence-corrected chi connectivity index (χ2v) is 5.64. The van der Waals surface area contributed by atoms with E-state index in [1.165, 1.54) is 6.20 Å². The van der Waals surface area contributed by atoms with Crippen molar-refractivity contribution in [2.75, 3.05) is 11.1 Å². The number of halogens is 3. The summed E-state index contributed by atoms with van der Waals surface area (Å²) >= 11 is 12.2. The summed E-state index contributed by atoms with van der Waals surface area (Å²) in [6, 6.07) is 10.2. The van der Waals surface area contributed by atoms with Crippen molar-refractivity contribution >= 4 is 69.5 Å². The van der Waals surface area contributed by atoms with Crippen LogP contribution in [0.5, 0.6) is 0 Å². The molecule has 0 amide bonds. The number of anilines is 3. The Hall–Kier alpha value is -2.21. The van der Waals surface area contributed by atoms with Gasteiger partial charge in [-0.05, 0) is 36.4 Å². The Bertz CT molecular complexity index is 915. The van der Waals surface area contributed by atoms with Gasteiger partial charge in [0, 0.05) is 23.0 Å². The highest BCUT2D eigenvalue weighted by Gasteiger charge is 2.17. The predicted octanol–water partition coefficient (Wildman–Crippen LogP) is 4.99. The molecule has 0 radical (unpaired) electrons. The molecule has 1 aromatic heterocycles. The molecule has 4 N–H and O–H groups in total. The van der Waals surface area contributed by atoms with Crippen molar-refractivity contribution < 1.29 is 9.90 Å². The highest BCUT2D eigenvalue weighted by molar-refractivity contribution is 6.45. The molecule has 0 aliphatic heterocycles. The van der Waals surface area contributed by atoms with Gasteiger partial charge in [0.25, 0.3) is 0 Å². The van der Waals surface area contributed by atoms with E-state index in [2.05, 4.69) is 10.3 Å². The maximum Gasteiger partial charge on any atom is 0.339 e. The molecule has 0 unspecified atom stereocenters. The first-order valence-electron chi connectivity index (χ1n) is 6.60. The fourth-order valence-electron chi connectivity index (χ4n) is 2.21. The molecular weight excluding hydrogens is 373 g/mol. The van der Waals surface area contributed by atoms with Crippen LogP contribution in [0.25, 0.3) is 10.9 Å². The van der Waals surface area contributed by atoms with Gasteiger partial charge in [-0.2, -0.15) is 0 Å². The molecule has 5 nitrogen and oxygen atoms in total. The van der Waals surface area contributed by atoms with E-state index in [0.717, 1.165) is 0 Å². The van der Waals surface area contributed by atoms with E-state index in [0.29, 0.717) is 33.0 Å². The molecule has 0 spiro atoms. The summed E-state index contributed by atoms with van der Waals surface area (Å²) < 4.78 is 0. The first-order chi connectivity index (χ1) is 11.0. The summed E-state index contributed by atoms with van der Waals surface area (Å²) in [6.45, 7) is 0.